The van der Waals surface area contributed by atoms with Crippen LogP contribution in [0, 0.1) is 11.8 Å². The summed E-state index contributed by atoms with van der Waals surface area (Å²) in [7, 11) is 2.27. The van der Waals surface area contributed by atoms with E-state index in [9.17, 15) is 0 Å². The van der Waals surface area contributed by atoms with Gasteiger partial charge in [0.2, 0.25) is 0 Å². The minimum atomic E-state index is 0.815. The van der Waals surface area contributed by atoms with Crippen LogP contribution in [0.1, 0.15) is 67.7 Å². The molecule has 0 aromatic carbocycles. The Kier molecular flexibility index (Phi) is 13.1. The van der Waals surface area contributed by atoms with Crippen LogP contribution in [-0.2, 0) is 0 Å². The van der Waals surface area contributed by atoms with Crippen molar-refractivity contribution in [3.05, 3.63) is 0 Å². The fourth-order valence-corrected chi connectivity index (χ4v) is 2.63. The van der Waals surface area contributed by atoms with Crippen molar-refractivity contribution in [3.8, 4) is 0 Å². The highest BCUT2D eigenvalue weighted by atomic mass is 15.2. The summed E-state index contributed by atoms with van der Waals surface area (Å²) in [4.78, 5) is 2.52. The maximum atomic E-state index is 2.52. The maximum absolute atomic E-state index is 2.52. The number of hydrogen-bond donors (Lipinski definition) is 0. The number of nitrogens with zero attached hydrogens (tertiary/aromatic N) is 1. The standard InChI is InChI=1S/C11H23N.2C2H6/c1-5-7-11-9(3)12(4)8-10(11)6-2;2*1-2/h9-11H,5-8H2,1-4H3;2*1-2H3. The van der Waals surface area contributed by atoms with Gasteiger partial charge in [-0.1, -0.05) is 54.4 Å². The van der Waals surface area contributed by atoms with Gasteiger partial charge in [0.15, 0.2) is 0 Å². The first-order valence-electron chi connectivity index (χ1n) is 7.40. The highest BCUT2D eigenvalue weighted by Crippen LogP contribution is 2.33. The van der Waals surface area contributed by atoms with Crippen molar-refractivity contribution in [1.29, 1.82) is 0 Å². The van der Waals surface area contributed by atoms with Gasteiger partial charge >= 0.3 is 0 Å². The van der Waals surface area contributed by atoms with Crippen molar-refractivity contribution in [2.45, 2.75) is 73.8 Å². The molecule has 16 heavy (non-hydrogen) atoms. The van der Waals surface area contributed by atoms with Gasteiger partial charge in [0.05, 0.1) is 0 Å². The van der Waals surface area contributed by atoms with Gasteiger partial charge in [0.25, 0.3) is 0 Å². The maximum Gasteiger partial charge on any atom is 0.00953 e. The van der Waals surface area contributed by atoms with E-state index in [1.807, 2.05) is 27.7 Å². The fraction of sp³-hybridized carbons (Fsp3) is 1.00. The van der Waals surface area contributed by atoms with E-state index in [1.165, 1.54) is 25.8 Å². The lowest BCUT2D eigenvalue weighted by atomic mass is 9.86. The first-order valence-corrected chi connectivity index (χ1v) is 7.40. The van der Waals surface area contributed by atoms with Crippen LogP contribution in [0.25, 0.3) is 0 Å². The van der Waals surface area contributed by atoms with Gasteiger partial charge in [-0.2, -0.15) is 0 Å². The average Bonchev–Trinajstić information content (AvgIpc) is 2.62. The average molecular weight is 229 g/mol. The van der Waals surface area contributed by atoms with Crippen LogP contribution in [0.3, 0.4) is 0 Å². The Bertz CT molecular complexity index is 133. The number of hydrogen-bond acceptors (Lipinski definition) is 1. The second-order valence-corrected chi connectivity index (χ2v) is 4.30. The molecule has 1 heterocycles. The summed E-state index contributed by atoms with van der Waals surface area (Å²) in [6.45, 7) is 16.3. The van der Waals surface area contributed by atoms with Gasteiger partial charge in [-0.3, -0.25) is 0 Å². The molecule has 3 atom stereocenters. The van der Waals surface area contributed by atoms with E-state index in [0.717, 1.165) is 17.9 Å². The van der Waals surface area contributed by atoms with E-state index in [-0.39, 0.29) is 0 Å². The molecule has 1 fully saturated rings. The minimum Gasteiger partial charge on any atom is -0.303 e. The zero-order chi connectivity index (χ0) is 13.1. The van der Waals surface area contributed by atoms with Crippen molar-refractivity contribution in [2.75, 3.05) is 13.6 Å². The van der Waals surface area contributed by atoms with Crippen molar-refractivity contribution >= 4 is 0 Å². The summed E-state index contributed by atoms with van der Waals surface area (Å²) in [5.74, 6) is 1.93. The molecule has 0 bridgehead atoms. The van der Waals surface area contributed by atoms with Crippen LogP contribution in [0.2, 0.25) is 0 Å². The second kappa shape index (κ2) is 11.4. The summed E-state index contributed by atoms with van der Waals surface area (Å²) < 4.78 is 0. The van der Waals surface area contributed by atoms with E-state index >= 15 is 0 Å². The molecule has 0 aromatic rings. The second-order valence-electron chi connectivity index (χ2n) is 4.30. The van der Waals surface area contributed by atoms with E-state index in [4.69, 9.17) is 0 Å². The monoisotopic (exact) mass is 229 g/mol. The minimum absolute atomic E-state index is 0.815. The zero-order valence-corrected chi connectivity index (χ0v) is 13.0. The Hall–Kier alpha value is -0.0400. The van der Waals surface area contributed by atoms with Crippen molar-refractivity contribution in [2.24, 2.45) is 11.8 Å². The Morgan fingerprint density at radius 2 is 1.56 bits per heavy atom. The summed E-state index contributed by atoms with van der Waals surface area (Å²) >= 11 is 0. The van der Waals surface area contributed by atoms with Gasteiger partial charge in [0, 0.05) is 12.6 Å². The molecule has 0 aliphatic carbocycles. The molecule has 1 rings (SSSR count). The molecule has 100 valence electrons. The lowest BCUT2D eigenvalue weighted by Crippen LogP contribution is -2.25. The largest absolute Gasteiger partial charge is 0.303 e. The zero-order valence-electron chi connectivity index (χ0n) is 13.0. The fourth-order valence-electron chi connectivity index (χ4n) is 2.63. The van der Waals surface area contributed by atoms with Crippen molar-refractivity contribution in [1.82, 2.24) is 4.90 Å². The third-order valence-corrected chi connectivity index (χ3v) is 3.59. The summed E-state index contributed by atoms with van der Waals surface area (Å²) in [5, 5.41) is 0. The van der Waals surface area contributed by atoms with Gasteiger partial charge in [0.1, 0.15) is 0 Å². The Morgan fingerprint density at radius 1 is 1.06 bits per heavy atom. The van der Waals surface area contributed by atoms with Crippen LogP contribution in [0.4, 0.5) is 0 Å². The smallest absolute Gasteiger partial charge is 0.00953 e. The van der Waals surface area contributed by atoms with Crippen LogP contribution in [0.5, 0.6) is 0 Å². The van der Waals surface area contributed by atoms with E-state index in [2.05, 4.69) is 32.7 Å². The van der Waals surface area contributed by atoms with Crippen molar-refractivity contribution < 1.29 is 0 Å². The van der Waals surface area contributed by atoms with Crippen LogP contribution >= 0.6 is 0 Å². The topological polar surface area (TPSA) is 3.24 Å². The Labute approximate surface area is 105 Å². The summed E-state index contributed by atoms with van der Waals surface area (Å²) in [6.07, 6.45) is 4.13. The van der Waals surface area contributed by atoms with Crippen molar-refractivity contribution in [3.63, 3.8) is 0 Å². The quantitative estimate of drug-likeness (QED) is 0.671. The highest BCUT2D eigenvalue weighted by Gasteiger charge is 2.34. The first kappa shape index (κ1) is 18.3. The lowest BCUT2D eigenvalue weighted by Gasteiger charge is -2.21. The Balaban J connectivity index is 0. The predicted octanol–water partition coefficient (Wildman–Crippen LogP) is 4.82. The number of rotatable bonds is 3. The van der Waals surface area contributed by atoms with Gasteiger partial charge in [-0.05, 0) is 32.2 Å². The molecular weight excluding hydrogens is 194 g/mol. The number of likely N-dealkylation sites (tertiary alicyclic amines) is 1. The molecule has 0 saturated carbocycles. The lowest BCUT2D eigenvalue weighted by molar-refractivity contribution is 0.278. The van der Waals surface area contributed by atoms with Gasteiger partial charge in [-0.15, -0.1) is 0 Å². The molecule has 3 unspecified atom stereocenters. The van der Waals surface area contributed by atoms with Crippen LogP contribution in [0.15, 0.2) is 0 Å². The molecular formula is C15H35N. The predicted molar refractivity (Wildman–Crippen MR) is 77.0 cm³/mol. The molecule has 0 amide bonds. The normalized spacial score (nSPS) is 28.9. The molecule has 1 heteroatoms. The summed E-state index contributed by atoms with van der Waals surface area (Å²) in [5.41, 5.74) is 0. The van der Waals surface area contributed by atoms with Gasteiger partial charge < -0.3 is 4.90 Å². The molecule has 1 saturated heterocycles. The van der Waals surface area contributed by atoms with E-state index in [0.29, 0.717) is 0 Å². The Morgan fingerprint density at radius 3 is 1.94 bits per heavy atom. The van der Waals surface area contributed by atoms with E-state index < -0.39 is 0 Å². The molecule has 0 N–H and O–H groups in total. The van der Waals surface area contributed by atoms with Crippen LogP contribution in [-0.4, -0.2) is 24.5 Å². The molecule has 0 spiro atoms. The molecule has 0 radical (unpaired) electrons. The van der Waals surface area contributed by atoms with Gasteiger partial charge in [-0.25, -0.2) is 0 Å². The van der Waals surface area contributed by atoms with E-state index in [1.54, 1.807) is 0 Å². The third-order valence-electron chi connectivity index (χ3n) is 3.59. The van der Waals surface area contributed by atoms with Crippen LogP contribution < -0.4 is 0 Å². The molecule has 1 aliphatic heterocycles. The highest BCUT2D eigenvalue weighted by molar-refractivity contribution is 4.87. The summed E-state index contributed by atoms with van der Waals surface area (Å²) in [6, 6.07) is 0.815. The molecule has 0 aromatic heterocycles. The third kappa shape index (κ3) is 5.34. The molecule has 1 aliphatic rings. The molecule has 1 nitrogen and oxygen atoms in total. The SMILES string of the molecule is CC.CC.CCCC1C(CC)CN(C)C1C. The first-order chi connectivity index (χ1) is 7.70.